The Morgan fingerprint density at radius 3 is 2.60 bits per heavy atom. The number of thiophene rings is 1. The molecule has 0 radical (unpaired) electrons. The molecule has 1 saturated heterocycles. The molecule has 0 bridgehead atoms. The molecule has 4 aromatic heterocycles. The quantitative estimate of drug-likeness (QED) is 0.491. The molecule has 30 heavy (non-hydrogen) atoms. The number of piperazine rings is 1. The van der Waals surface area contributed by atoms with Crippen molar-refractivity contribution < 1.29 is 4.52 Å². The van der Waals surface area contributed by atoms with Gasteiger partial charge in [0.15, 0.2) is 5.82 Å². The van der Waals surface area contributed by atoms with E-state index in [-0.39, 0.29) is 5.92 Å². The molecule has 0 aliphatic carbocycles. The van der Waals surface area contributed by atoms with Gasteiger partial charge in [0, 0.05) is 48.7 Å². The van der Waals surface area contributed by atoms with E-state index in [2.05, 4.69) is 61.7 Å². The molecular formula is C21H23N7OS. The zero-order valence-electron chi connectivity index (χ0n) is 17.2. The van der Waals surface area contributed by atoms with E-state index in [4.69, 9.17) is 4.52 Å². The van der Waals surface area contributed by atoms with Crippen molar-refractivity contribution in [1.29, 1.82) is 0 Å². The molecule has 154 valence electrons. The number of rotatable bonds is 4. The SMILES string of the molecule is Cc1cc2c(N3CCN(c4cc(-c5nc(C(C)C)no5)ccn4)CC3)ncnc2s1. The summed E-state index contributed by atoms with van der Waals surface area (Å²) in [6.07, 6.45) is 3.47. The lowest BCUT2D eigenvalue weighted by atomic mass is 10.2. The van der Waals surface area contributed by atoms with E-state index >= 15 is 0 Å². The first kappa shape index (κ1) is 18.9. The predicted octanol–water partition coefficient (Wildman–Crippen LogP) is 3.89. The van der Waals surface area contributed by atoms with Crippen LogP contribution in [0.25, 0.3) is 21.7 Å². The summed E-state index contributed by atoms with van der Waals surface area (Å²) >= 11 is 1.71. The predicted molar refractivity (Wildman–Crippen MR) is 118 cm³/mol. The lowest BCUT2D eigenvalue weighted by Gasteiger charge is -2.36. The minimum absolute atomic E-state index is 0.233. The van der Waals surface area contributed by atoms with E-state index < -0.39 is 0 Å². The first-order valence-corrected chi connectivity index (χ1v) is 10.9. The molecule has 5 rings (SSSR count). The maximum atomic E-state index is 5.44. The molecule has 1 aliphatic heterocycles. The second-order valence-corrected chi connectivity index (χ2v) is 9.00. The Bertz CT molecular complexity index is 1180. The maximum Gasteiger partial charge on any atom is 0.258 e. The summed E-state index contributed by atoms with van der Waals surface area (Å²) in [6, 6.07) is 6.12. The molecule has 4 aromatic rings. The largest absolute Gasteiger partial charge is 0.353 e. The summed E-state index contributed by atoms with van der Waals surface area (Å²) in [5.41, 5.74) is 0.896. The zero-order valence-corrected chi connectivity index (χ0v) is 18.1. The third-order valence-corrected chi connectivity index (χ3v) is 6.24. The monoisotopic (exact) mass is 421 g/mol. The molecule has 0 saturated carbocycles. The second-order valence-electron chi connectivity index (χ2n) is 7.76. The Labute approximate surface area is 178 Å². The van der Waals surface area contributed by atoms with Crippen molar-refractivity contribution in [2.24, 2.45) is 0 Å². The Morgan fingerprint density at radius 1 is 1.03 bits per heavy atom. The fourth-order valence-electron chi connectivity index (χ4n) is 3.67. The van der Waals surface area contributed by atoms with Gasteiger partial charge in [0.05, 0.1) is 5.39 Å². The lowest BCUT2D eigenvalue weighted by Crippen LogP contribution is -2.47. The minimum Gasteiger partial charge on any atom is -0.353 e. The van der Waals surface area contributed by atoms with Crippen LogP contribution in [0, 0.1) is 6.92 Å². The van der Waals surface area contributed by atoms with Crippen LogP contribution in [0.15, 0.2) is 35.2 Å². The van der Waals surface area contributed by atoms with Gasteiger partial charge in [-0.05, 0) is 25.1 Å². The molecule has 1 aliphatic rings. The molecule has 0 unspecified atom stereocenters. The number of hydrogen-bond donors (Lipinski definition) is 0. The van der Waals surface area contributed by atoms with E-state index in [0.29, 0.717) is 5.89 Å². The molecule has 1 fully saturated rings. The molecule has 9 heteroatoms. The van der Waals surface area contributed by atoms with Crippen molar-refractivity contribution >= 4 is 33.2 Å². The van der Waals surface area contributed by atoms with Gasteiger partial charge in [-0.1, -0.05) is 19.0 Å². The van der Waals surface area contributed by atoms with Gasteiger partial charge in [0.2, 0.25) is 0 Å². The summed E-state index contributed by atoms with van der Waals surface area (Å²) in [4.78, 5) is 25.0. The molecule has 0 spiro atoms. The number of pyridine rings is 1. The third kappa shape index (κ3) is 3.49. The topological polar surface area (TPSA) is 84.1 Å². The van der Waals surface area contributed by atoms with Gasteiger partial charge in [-0.3, -0.25) is 0 Å². The van der Waals surface area contributed by atoms with Crippen LogP contribution in [0.1, 0.15) is 30.5 Å². The average molecular weight is 422 g/mol. The van der Waals surface area contributed by atoms with Crippen LogP contribution in [-0.4, -0.2) is 51.3 Å². The second kappa shape index (κ2) is 7.64. The smallest absolute Gasteiger partial charge is 0.258 e. The standard InChI is InChI=1S/C21H23N7OS/c1-13(2)18-25-20(29-26-18)15-4-5-22-17(11-15)27-6-8-28(9-7-27)19-16-10-14(3)30-21(16)24-12-23-19/h4-5,10-13H,6-9H2,1-3H3. The first-order chi connectivity index (χ1) is 14.6. The van der Waals surface area contributed by atoms with Crippen molar-refractivity contribution in [2.75, 3.05) is 36.0 Å². The highest BCUT2D eigenvalue weighted by Crippen LogP contribution is 2.31. The van der Waals surface area contributed by atoms with Gasteiger partial charge in [-0.2, -0.15) is 4.98 Å². The lowest BCUT2D eigenvalue weighted by molar-refractivity contribution is 0.419. The number of aromatic nitrogens is 5. The third-order valence-electron chi connectivity index (χ3n) is 5.29. The highest BCUT2D eigenvalue weighted by Gasteiger charge is 2.22. The van der Waals surface area contributed by atoms with Gasteiger partial charge in [-0.25, -0.2) is 15.0 Å². The van der Waals surface area contributed by atoms with Gasteiger partial charge in [0.1, 0.15) is 22.8 Å². The fraction of sp³-hybridized carbons (Fsp3) is 0.381. The summed E-state index contributed by atoms with van der Waals surface area (Å²) in [6.45, 7) is 9.71. The van der Waals surface area contributed by atoms with Gasteiger partial charge >= 0.3 is 0 Å². The Hall–Kier alpha value is -3.07. The number of hydrogen-bond acceptors (Lipinski definition) is 9. The first-order valence-electron chi connectivity index (χ1n) is 10.1. The van der Waals surface area contributed by atoms with E-state index in [9.17, 15) is 0 Å². The van der Waals surface area contributed by atoms with Gasteiger partial charge in [0.25, 0.3) is 5.89 Å². The normalized spacial score (nSPS) is 14.8. The van der Waals surface area contributed by atoms with Gasteiger partial charge < -0.3 is 14.3 Å². The Balaban J connectivity index is 1.33. The summed E-state index contributed by atoms with van der Waals surface area (Å²) in [5, 5.41) is 5.21. The summed E-state index contributed by atoms with van der Waals surface area (Å²) in [5.74, 6) is 3.44. The van der Waals surface area contributed by atoms with Crippen LogP contribution in [0.3, 0.4) is 0 Å². The molecule has 0 atom stereocenters. The van der Waals surface area contributed by atoms with Crippen LogP contribution in [0.2, 0.25) is 0 Å². The van der Waals surface area contributed by atoms with Crippen molar-refractivity contribution in [3.63, 3.8) is 0 Å². The molecule has 0 aromatic carbocycles. The average Bonchev–Trinajstić information content (AvgIpc) is 3.40. The highest BCUT2D eigenvalue weighted by atomic mass is 32.1. The molecule has 8 nitrogen and oxygen atoms in total. The van der Waals surface area contributed by atoms with Crippen LogP contribution in [0.5, 0.6) is 0 Å². The Kier molecular flexibility index (Phi) is 4.82. The van der Waals surface area contributed by atoms with Crippen LogP contribution in [0.4, 0.5) is 11.6 Å². The number of aryl methyl sites for hydroxylation is 1. The highest BCUT2D eigenvalue weighted by molar-refractivity contribution is 7.18. The Morgan fingerprint density at radius 2 is 1.83 bits per heavy atom. The molecule has 5 heterocycles. The van der Waals surface area contributed by atoms with Gasteiger partial charge in [-0.15, -0.1) is 11.3 Å². The van der Waals surface area contributed by atoms with Crippen molar-refractivity contribution in [3.8, 4) is 11.5 Å². The number of nitrogens with zero attached hydrogens (tertiary/aromatic N) is 7. The van der Waals surface area contributed by atoms with E-state index in [0.717, 1.165) is 59.4 Å². The van der Waals surface area contributed by atoms with Crippen molar-refractivity contribution in [1.82, 2.24) is 25.1 Å². The van der Waals surface area contributed by atoms with E-state index in [1.54, 1.807) is 23.9 Å². The minimum atomic E-state index is 0.233. The molecule has 0 amide bonds. The van der Waals surface area contributed by atoms with Crippen LogP contribution < -0.4 is 9.80 Å². The van der Waals surface area contributed by atoms with Crippen molar-refractivity contribution in [2.45, 2.75) is 26.7 Å². The summed E-state index contributed by atoms with van der Waals surface area (Å²) in [7, 11) is 0. The maximum absolute atomic E-state index is 5.44. The van der Waals surface area contributed by atoms with Crippen molar-refractivity contribution in [3.05, 3.63) is 41.4 Å². The van der Waals surface area contributed by atoms with E-state index in [1.807, 2.05) is 12.1 Å². The number of fused-ring (bicyclic) bond motifs is 1. The van der Waals surface area contributed by atoms with Crippen LogP contribution in [-0.2, 0) is 0 Å². The van der Waals surface area contributed by atoms with Crippen LogP contribution >= 0.6 is 11.3 Å². The number of anilines is 2. The fourth-order valence-corrected chi connectivity index (χ4v) is 4.52. The zero-order chi connectivity index (χ0) is 20.7. The molecule has 0 N–H and O–H groups in total. The molecular weight excluding hydrogens is 398 g/mol. The summed E-state index contributed by atoms with van der Waals surface area (Å²) < 4.78 is 5.44. The van der Waals surface area contributed by atoms with E-state index in [1.165, 1.54) is 4.88 Å².